The molecule has 33 heavy (non-hydrogen) atoms. The van der Waals surface area contributed by atoms with Crippen molar-refractivity contribution in [1.82, 2.24) is 0 Å². The van der Waals surface area contributed by atoms with Gasteiger partial charge in [-0.15, -0.1) is 11.6 Å². The van der Waals surface area contributed by atoms with Crippen LogP contribution in [0.1, 0.15) is 47.0 Å². The highest BCUT2D eigenvalue weighted by Crippen LogP contribution is 2.73. The fourth-order valence-electron chi connectivity index (χ4n) is 7.90. The van der Waals surface area contributed by atoms with Crippen molar-refractivity contribution in [3.8, 4) is 0 Å². The molecule has 0 spiro atoms. The van der Waals surface area contributed by atoms with E-state index >= 15 is 4.39 Å². The summed E-state index contributed by atoms with van der Waals surface area (Å²) in [5.41, 5.74) is -4.18. The molecular weight excluding hydrogens is 461 g/mol. The van der Waals surface area contributed by atoms with E-state index in [1.165, 1.54) is 12.2 Å². The van der Waals surface area contributed by atoms with E-state index in [2.05, 4.69) is 0 Å². The van der Waals surface area contributed by atoms with Crippen LogP contribution in [0.5, 0.6) is 0 Å². The minimum absolute atomic E-state index is 0.0988. The van der Waals surface area contributed by atoms with Crippen molar-refractivity contribution in [2.75, 3.05) is 0 Å². The molecule has 9 heteroatoms. The number of aliphatic hydroxyl groups excluding tert-OH is 1. The molecule has 0 aromatic rings. The zero-order valence-electron chi connectivity index (χ0n) is 18.9. The van der Waals surface area contributed by atoms with Crippen LogP contribution in [0.25, 0.3) is 0 Å². The van der Waals surface area contributed by atoms with Gasteiger partial charge < -0.3 is 14.6 Å². The number of carbonyl (C=O) groups excluding carboxylic acids is 2. The number of Topliss-reactive ketones (excluding diaryl/α,β-unsaturated/α-hetero) is 1. The van der Waals surface area contributed by atoms with Gasteiger partial charge in [0.1, 0.15) is 6.17 Å². The smallest absolute Gasteiger partial charge is 0.299 e. The maximum atomic E-state index is 15.5. The van der Waals surface area contributed by atoms with E-state index in [4.69, 9.17) is 21.1 Å². The Morgan fingerprint density at radius 1 is 1.21 bits per heavy atom. The van der Waals surface area contributed by atoms with E-state index in [0.717, 1.165) is 0 Å². The minimum Gasteiger partial charge on any atom is -0.391 e. The number of carbonyl (C=O) groups is 2. The van der Waals surface area contributed by atoms with Crippen molar-refractivity contribution in [2.24, 2.45) is 22.7 Å². The van der Waals surface area contributed by atoms with Crippen molar-refractivity contribution in [1.29, 1.82) is 0 Å². The molecule has 4 aliphatic carbocycles. The number of allylic oxidation sites excluding steroid dienone is 4. The molecule has 5 nitrogen and oxygen atoms in total. The SMILES string of the molecule is CC1(C)O[C@@H]2C[C@H]3[C@@H]4C[C@H](F)C5=CC(=O)C=C[C@]5(C)[C@@]4(Cl)[C@@H](O)C[C@]3(C)[C@]2(C(=O)C(F)F)O1. The number of fused-ring (bicyclic) bond motifs is 7. The van der Waals surface area contributed by atoms with Crippen molar-refractivity contribution in [2.45, 2.75) is 88.0 Å². The van der Waals surface area contributed by atoms with Gasteiger partial charge in [-0.3, -0.25) is 9.59 Å². The molecule has 0 amide bonds. The highest BCUT2D eigenvalue weighted by atomic mass is 35.5. The monoisotopic (exact) mass is 488 g/mol. The average molecular weight is 489 g/mol. The minimum atomic E-state index is -3.29. The first-order chi connectivity index (χ1) is 15.1. The predicted octanol–water partition coefficient (Wildman–Crippen LogP) is 3.91. The van der Waals surface area contributed by atoms with Crippen molar-refractivity contribution < 1.29 is 37.3 Å². The van der Waals surface area contributed by atoms with E-state index in [1.807, 2.05) is 0 Å². The second-order valence-corrected chi connectivity index (χ2v) is 11.7. The van der Waals surface area contributed by atoms with Crippen molar-refractivity contribution in [3.05, 3.63) is 23.8 Å². The number of halogens is 4. The van der Waals surface area contributed by atoms with Crippen molar-refractivity contribution in [3.63, 3.8) is 0 Å². The molecule has 1 heterocycles. The van der Waals surface area contributed by atoms with Gasteiger partial charge in [0.25, 0.3) is 6.43 Å². The second kappa shape index (κ2) is 6.71. The lowest BCUT2D eigenvalue weighted by atomic mass is 9.45. The molecule has 0 bridgehead atoms. The maximum absolute atomic E-state index is 15.5. The Bertz CT molecular complexity index is 997. The van der Waals surface area contributed by atoms with E-state index in [1.54, 1.807) is 33.8 Å². The van der Waals surface area contributed by atoms with Gasteiger partial charge in [0.15, 0.2) is 17.2 Å². The molecule has 5 rings (SSSR count). The molecule has 1 aliphatic heterocycles. The molecule has 1 N–H and O–H groups in total. The lowest BCUT2D eigenvalue weighted by molar-refractivity contribution is -0.226. The van der Waals surface area contributed by atoms with Gasteiger partial charge in [0.2, 0.25) is 5.78 Å². The predicted molar refractivity (Wildman–Crippen MR) is 113 cm³/mol. The zero-order valence-corrected chi connectivity index (χ0v) is 19.7. The highest BCUT2D eigenvalue weighted by Gasteiger charge is 2.80. The number of alkyl halides is 4. The molecule has 3 saturated carbocycles. The Balaban J connectivity index is 1.67. The second-order valence-electron chi connectivity index (χ2n) is 11.1. The fourth-order valence-corrected chi connectivity index (χ4v) is 8.39. The lowest BCUT2D eigenvalue weighted by Gasteiger charge is -2.64. The summed E-state index contributed by atoms with van der Waals surface area (Å²) < 4.78 is 55.3. The maximum Gasteiger partial charge on any atom is 0.299 e. The summed E-state index contributed by atoms with van der Waals surface area (Å²) >= 11 is 7.25. The van der Waals surface area contributed by atoms with Crippen LogP contribution in [0, 0.1) is 22.7 Å². The summed E-state index contributed by atoms with van der Waals surface area (Å²) in [6.45, 7) is 6.49. The van der Waals surface area contributed by atoms with Crippen LogP contribution in [0.4, 0.5) is 13.2 Å². The fraction of sp³-hybridized carbons (Fsp3) is 0.750. The molecule has 5 aliphatic rings. The molecule has 0 unspecified atom stereocenters. The number of rotatable bonds is 2. The molecule has 9 atom stereocenters. The van der Waals surface area contributed by atoms with Crippen LogP contribution in [-0.4, -0.2) is 57.7 Å². The molecule has 0 aromatic heterocycles. The first-order valence-electron chi connectivity index (χ1n) is 11.3. The number of ether oxygens (including phenoxy) is 2. The summed E-state index contributed by atoms with van der Waals surface area (Å²) in [6, 6.07) is 0. The Kier molecular flexibility index (Phi) is 4.78. The molecule has 182 valence electrons. The van der Waals surface area contributed by atoms with Gasteiger partial charge >= 0.3 is 0 Å². The largest absolute Gasteiger partial charge is 0.391 e. The van der Waals surface area contributed by atoms with Gasteiger partial charge in [0, 0.05) is 10.8 Å². The molecular formula is C24H28ClF3O5. The molecule has 0 radical (unpaired) electrons. The topological polar surface area (TPSA) is 72.8 Å². The summed E-state index contributed by atoms with van der Waals surface area (Å²) in [5, 5.41) is 11.5. The van der Waals surface area contributed by atoms with Crippen LogP contribution in [0.2, 0.25) is 0 Å². The third-order valence-corrected chi connectivity index (χ3v) is 10.1. The van der Waals surface area contributed by atoms with E-state index in [9.17, 15) is 23.5 Å². The van der Waals surface area contributed by atoms with E-state index in [0.29, 0.717) is 0 Å². The third-order valence-electron chi connectivity index (χ3n) is 9.19. The molecule has 0 aromatic carbocycles. The van der Waals surface area contributed by atoms with Gasteiger partial charge in [-0.05, 0) is 62.7 Å². The molecule has 4 fully saturated rings. The number of ketones is 2. The van der Waals surface area contributed by atoms with Crippen LogP contribution in [0.3, 0.4) is 0 Å². The van der Waals surface area contributed by atoms with Gasteiger partial charge in [0.05, 0.1) is 17.1 Å². The molecule has 1 saturated heterocycles. The standard InChI is InChI=1S/C24H28ClF3O5/c1-20(2)32-17-9-12-13-8-15(26)14-7-11(29)5-6-21(14,3)23(13,25)16(30)10-22(12,4)24(17,33-20)18(31)19(27)28/h5-7,12-13,15-17,19,30H,8-10H2,1-4H3/t12-,13-,15-,16-,17+,21-,22-,23-,24-/m0/s1. The van der Waals surface area contributed by atoms with Crippen LogP contribution in [0.15, 0.2) is 23.8 Å². The first kappa shape index (κ1) is 23.5. The van der Waals surface area contributed by atoms with Crippen LogP contribution < -0.4 is 0 Å². The van der Waals surface area contributed by atoms with Gasteiger partial charge in [-0.2, -0.15) is 0 Å². The highest BCUT2D eigenvalue weighted by molar-refractivity contribution is 6.26. The quantitative estimate of drug-likeness (QED) is 0.597. The normalized spacial score (nSPS) is 52.1. The lowest BCUT2D eigenvalue weighted by Crippen LogP contribution is -2.70. The van der Waals surface area contributed by atoms with Gasteiger partial charge in [-0.1, -0.05) is 19.9 Å². The third kappa shape index (κ3) is 2.61. The Morgan fingerprint density at radius 2 is 1.88 bits per heavy atom. The van der Waals surface area contributed by atoms with Crippen LogP contribution in [-0.2, 0) is 19.1 Å². The average Bonchev–Trinajstić information content (AvgIpc) is 3.11. The Labute approximate surface area is 195 Å². The van der Waals surface area contributed by atoms with Crippen molar-refractivity contribution >= 4 is 23.2 Å². The van der Waals surface area contributed by atoms with E-state index < -0.39 is 69.5 Å². The van der Waals surface area contributed by atoms with E-state index in [-0.39, 0.29) is 30.6 Å². The summed E-state index contributed by atoms with van der Waals surface area (Å²) in [4.78, 5) is 23.6. The summed E-state index contributed by atoms with van der Waals surface area (Å²) in [5.74, 6) is -4.19. The Hall–Kier alpha value is -1.22. The summed E-state index contributed by atoms with van der Waals surface area (Å²) in [6.07, 6.45) is -2.96. The number of aliphatic hydroxyl groups is 1. The Morgan fingerprint density at radius 3 is 2.52 bits per heavy atom. The first-order valence-corrected chi connectivity index (χ1v) is 11.7. The van der Waals surface area contributed by atoms with Gasteiger partial charge in [-0.25, -0.2) is 13.2 Å². The summed E-state index contributed by atoms with van der Waals surface area (Å²) in [7, 11) is 0. The zero-order chi connectivity index (χ0) is 24.4. The number of hydrogen-bond donors (Lipinski definition) is 1. The van der Waals surface area contributed by atoms with Crippen LogP contribution >= 0.6 is 11.6 Å². The number of hydrogen-bond acceptors (Lipinski definition) is 5.